The molecule has 0 aliphatic rings. The van der Waals surface area contributed by atoms with Crippen molar-refractivity contribution in [3.05, 3.63) is 28.8 Å². The van der Waals surface area contributed by atoms with Gasteiger partial charge in [0.25, 0.3) is 0 Å². The number of thiol groups is 1. The molecule has 1 nitrogen and oxygen atoms in total. The standard InChI is InChI=1S/C14H22OS/c1-5-15-14-7-6-13(10(2)8-9-16)11(3)12(14)4/h6-7,10,16H,5,8-9H2,1-4H3. The summed E-state index contributed by atoms with van der Waals surface area (Å²) in [7, 11) is 0. The smallest absolute Gasteiger partial charge is 0.122 e. The molecular weight excluding hydrogens is 216 g/mol. The number of ether oxygens (including phenoxy) is 1. The summed E-state index contributed by atoms with van der Waals surface area (Å²) in [6.45, 7) is 9.33. The van der Waals surface area contributed by atoms with Gasteiger partial charge >= 0.3 is 0 Å². The van der Waals surface area contributed by atoms with Gasteiger partial charge in [0, 0.05) is 0 Å². The van der Waals surface area contributed by atoms with Crippen molar-refractivity contribution in [2.75, 3.05) is 12.4 Å². The van der Waals surface area contributed by atoms with Gasteiger partial charge in [-0.25, -0.2) is 0 Å². The minimum atomic E-state index is 0.576. The summed E-state index contributed by atoms with van der Waals surface area (Å²) >= 11 is 4.30. The van der Waals surface area contributed by atoms with E-state index in [0.29, 0.717) is 5.92 Å². The molecule has 0 fully saturated rings. The van der Waals surface area contributed by atoms with Crippen LogP contribution in [0.1, 0.15) is 42.9 Å². The average molecular weight is 238 g/mol. The summed E-state index contributed by atoms with van der Waals surface area (Å²) in [5.74, 6) is 2.53. The lowest BCUT2D eigenvalue weighted by atomic mass is 9.91. The summed E-state index contributed by atoms with van der Waals surface area (Å²) in [6, 6.07) is 4.29. The first kappa shape index (κ1) is 13.4. The van der Waals surface area contributed by atoms with E-state index < -0.39 is 0 Å². The quantitative estimate of drug-likeness (QED) is 0.759. The maximum atomic E-state index is 5.60. The Labute approximate surface area is 105 Å². The Hall–Kier alpha value is -0.630. The highest BCUT2D eigenvalue weighted by Gasteiger charge is 2.11. The van der Waals surface area contributed by atoms with Gasteiger partial charge in [0.2, 0.25) is 0 Å². The Morgan fingerprint density at radius 1 is 1.25 bits per heavy atom. The largest absolute Gasteiger partial charge is 0.494 e. The molecule has 1 aromatic carbocycles. The first-order chi connectivity index (χ1) is 7.61. The topological polar surface area (TPSA) is 9.23 Å². The average Bonchev–Trinajstić information content (AvgIpc) is 2.25. The van der Waals surface area contributed by atoms with Gasteiger partial charge in [-0.3, -0.25) is 0 Å². The Morgan fingerprint density at radius 2 is 1.94 bits per heavy atom. The molecular formula is C14H22OS. The van der Waals surface area contributed by atoms with E-state index in [4.69, 9.17) is 4.74 Å². The summed E-state index contributed by atoms with van der Waals surface area (Å²) in [5.41, 5.74) is 4.06. The zero-order valence-corrected chi connectivity index (χ0v) is 11.6. The van der Waals surface area contributed by atoms with Crippen molar-refractivity contribution < 1.29 is 4.74 Å². The summed E-state index contributed by atoms with van der Waals surface area (Å²) in [5, 5.41) is 0. The molecule has 0 amide bonds. The van der Waals surface area contributed by atoms with E-state index in [2.05, 4.69) is 45.5 Å². The van der Waals surface area contributed by atoms with E-state index >= 15 is 0 Å². The summed E-state index contributed by atoms with van der Waals surface area (Å²) < 4.78 is 5.60. The molecule has 0 saturated carbocycles. The predicted octanol–water partition coefficient (Wildman–Crippen LogP) is 4.13. The highest BCUT2D eigenvalue weighted by atomic mass is 32.1. The van der Waals surface area contributed by atoms with Gasteiger partial charge < -0.3 is 4.74 Å². The van der Waals surface area contributed by atoms with Gasteiger partial charge in [-0.15, -0.1) is 0 Å². The number of hydrogen-bond acceptors (Lipinski definition) is 2. The van der Waals surface area contributed by atoms with Crippen LogP contribution in [0, 0.1) is 13.8 Å². The second kappa shape index (κ2) is 6.19. The maximum absolute atomic E-state index is 5.60. The number of rotatable bonds is 5. The molecule has 0 spiro atoms. The van der Waals surface area contributed by atoms with Crippen LogP contribution in [0.2, 0.25) is 0 Å². The van der Waals surface area contributed by atoms with Crippen LogP contribution in [0.3, 0.4) is 0 Å². The van der Waals surface area contributed by atoms with E-state index in [1.165, 1.54) is 16.7 Å². The Balaban J connectivity index is 3.01. The van der Waals surface area contributed by atoms with Crippen LogP contribution >= 0.6 is 12.6 Å². The van der Waals surface area contributed by atoms with E-state index in [1.807, 2.05) is 6.92 Å². The molecule has 0 radical (unpaired) electrons. The van der Waals surface area contributed by atoms with Gasteiger partial charge in [0.05, 0.1) is 6.61 Å². The zero-order chi connectivity index (χ0) is 12.1. The lowest BCUT2D eigenvalue weighted by Crippen LogP contribution is -2.02. The van der Waals surface area contributed by atoms with Crippen LogP contribution in [0.15, 0.2) is 12.1 Å². The lowest BCUT2D eigenvalue weighted by Gasteiger charge is -2.18. The molecule has 1 rings (SSSR count). The third-order valence-corrected chi connectivity index (χ3v) is 3.43. The van der Waals surface area contributed by atoms with Crippen LogP contribution in [0.4, 0.5) is 0 Å². The first-order valence-electron chi connectivity index (χ1n) is 5.95. The molecule has 0 saturated heterocycles. The third-order valence-electron chi connectivity index (χ3n) is 3.17. The van der Waals surface area contributed by atoms with Crippen molar-refractivity contribution >= 4 is 12.6 Å². The zero-order valence-electron chi connectivity index (χ0n) is 10.7. The third kappa shape index (κ3) is 2.94. The minimum Gasteiger partial charge on any atom is -0.494 e. The molecule has 0 aromatic heterocycles. The Bertz CT molecular complexity index is 347. The Kier molecular flexibility index (Phi) is 5.20. The molecule has 90 valence electrons. The van der Waals surface area contributed by atoms with Crippen LogP contribution in [0.25, 0.3) is 0 Å². The lowest BCUT2D eigenvalue weighted by molar-refractivity contribution is 0.337. The first-order valence-corrected chi connectivity index (χ1v) is 6.58. The molecule has 0 N–H and O–H groups in total. The van der Waals surface area contributed by atoms with Crippen LogP contribution < -0.4 is 4.74 Å². The van der Waals surface area contributed by atoms with Crippen molar-refractivity contribution in [2.24, 2.45) is 0 Å². The molecule has 0 aliphatic carbocycles. The fraction of sp³-hybridized carbons (Fsp3) is 0.571. The Morgan fingerprint density at radius 3 is 2.50 bits per heavy atom. The highest BCUT2D eigenvalue weighted by Crippen LogP contribution is 2.30. The second-order valence-electron chi connectivity index (χ2n) is 4.25. The molecule has 2 heteroatoms. The van der Waals surface area contributed by atoms with Crippen molar-refractivity contribution in [3.63, 3.8) is 0 Å². The van der Waals surface area contributed by atoms with E-state index in [1.54, 1.807) is 0 Å². The molecule has 1 atom stereocenters. The van der Waals surface area contributed by atoms with E-state index in [9.17, 15) is 0 Å². The number of hydrogen-bond donors (Lipinski definition) is 1. The van der Waals surface area contributed by atoms with Crippen LogP contribution in [-0.4, -0.2) is 12.4 Å². The van der Waals surface area contributed by atoms with Gasteiger partial charge in [0.1, 0.15) is 5.75 Å². The number of benzene rings is 1. The molecule has 16 heavy (non-hydrogen) atoms. The van der Waals surface area contributed by atoms with Crippen molar-refractivity contribution in [3.8, 4) is 5.75 Å². The molecule has 1 aromatic rings. The second-order valence-corrected chi connectivity index (χ2v) is 4.70. The van der Waals surface area contributed by atoms with Gasteiger partial charge in [0.15, 0.2) is 0 Å². The SMILES string of the molecule is CCOc1ccc(C(C)CCS)c(C)c1C. The van der Waals surface area contributed by atoms with Crippen molar-refractivity contribution in [2.45, 2.75) is 40.0 Å². The summed E-state index contributed by atoms with van der Waals surface area (Å²) in [4.78, 5) is 0. The van der Waals surface area contributed by atoms with Crippen molar-refractivity contribution in [1.29, 1.82) is 0 Å². The van der Waals surface area contributed by atoms with E-state index in [-0.39, 0.29) is 0 Å². The maximum Gasteiger partial charge on any atom is 0.122 e. The van der Waals surface area contributed by atoms with Gasteiger partial charge in [-0.05, 0) is 61.6 Å². The van der Waals surface area contributed by atoms with Gasteiger partial charge in [-0.2, -0.15) is 12.6 Å². The van der Waals surface area contributed by atoms with Gasteiger partial charge in [-0.1, -0.05) is 13.0 Å². The predicted molar refractivity (Wildman–Crippen MR) is 74.0 cm³/mol. The fourth-order valence-corrected chi connectivity index (χ4v) is 2.40. The summed E-state index contributed by atoms with van der Waals surface area (Å²) in [6.07, 6.45) is 1.12. The minimum absolute atomic E-state index is 0.576. The normalized spacial score (nSPS) is 12.6. The monoisotopic (exact) mass is 238 g/mol. The van der Waals surface area contributed by atoms with Crippen LogP contribution in [-0.2, 0) is 0 Å². The molecule has 0 bridgehead atoms. The highest BCUT2D eigenvalue weighted by molar-refractivity contribution is 7.80. The van der Waals surface area contributed by atoms with E-state index in [0.717, 1.165) is 24.5 Å². The molecule has 0 aliphatic heterocycles. The van der Waals surface area contributed by atoms with Crippen LogP contribution in [0.5, 0.6) is 5.75 Å². The fourth-order valence-electron chi connectivity index (χ4n) is 2.01. The molecule has 0 heterocycles. The van der Waals surface area contributed by atoms with Crippen molar-refractivity contribution in [1.82, 2.24) is 0 Å². The molecule has 1 unspecified atom stereocenters.